The van der Waals surface area contributed by atoms with Crippen LogP contribution in [-0.4, -0.2) is 78.7 Å². The lowest BCUT2D eigenvalue weighted by molar-refractivity contribution is -0.129. The molecule has 0 radical (unpaired) electrons. The van der Waals surface area contributed by atoms with Crippen LogP contribution in [0.4, 0.5) is 4.79 Å². The first-order chi connectivity index (χ1) is 13.7. The second-order valence-electron chi connectivity index (χ2n) is 8.95. The van der Waals surface area contributed by atoms with E-state index in [-0.39, 0.29) is 18.0 Å². The fourth-order valence-electron chi connectivity index (χ4n) is 3.69. The third-order valence-electron chi connectivity index (χ3n) is 5.30. The Kier molecular flexibility index (Phi) is 8.59. The summed E-state index contributed by atoms with van der Waals surface area (Å²) in [4.78, 5) is 32.6. The normalized spacial score (nSPS) is 21.3. The molecule has 2 rings (SSSR count). The molecule has 0 aliphatic carbocycles. The summed E-state index contributed by atoms with van der Waals surface area (Å²) in [5.74, 6) is 1.50. The number of likely N-dealkylation sites (tertiary alicyclic amines) is 2. The molecule has 2 aliphatic heterocycles. The number of amides is 2. The molecule has 166 valence electrons. The number of carbonyl (C=O) groups excluding carboxylic acids is 2. The maximum atomic E-state index is 12.2. The molecule has 2 aliphatic rings. The van der Waals surface area contributed by atoms with Gasteiger partial charge in [0.25, 0.3) is 0 Å². The highest BCUT2D eigenvalue weighted by Crippen LogP contribution is 2.20. The molecular weight excluding hydrogens is 370 g/mol. The fourth-order valence-corrected chi connectivity index (χ4v) is 3.69. The Morgan fingerprint density at radius 1 is 1.07 bits per heavy atom. The predicted octanol–water partition coefficient (Wildman–Crippen LogP) is 2.20. The molecular formula is C21H39N5O3. The highest BCUT2D eigenvalue weighted by molar-refractivity contribution is 5.80. The fraction of sp³-hybridized carbons (Fsp3) is 0.857. The van der Waals surface area contributed by atoms with Crippen molar-refractivity contribution in [3.05, 3.63) is 0 Å². The molecule has 0 aromatic carbocycles. The number of hydrogen-bond acceptors (Lipinski definition) is 4. The molecule has 2 N–H and O–H groups in total. The lowest BCUT2D eigenvalue weighted by Gasteiger charge is -2.33. The van der Waals surface area contributed by atoms with Gasteiger partial charge >= 0.3 is 6.09 Å². The number of nitrogens with zero attached hydrogens (tertiary/aromatic N) is 3. The van der Waals surface area contributed by atoms with E-state index < -0.39 is 5.60 Å². The number of rotatable bonds is 5. The maximum Gasteiger partial charge on any atom is 0.410 e. The Bertz CT molecular complexity index is 579. The lowest BCUT2D eigenvalue weighted by Crippen LogP contribution is -2.45. The molecule has 29 heavy (non-hydrogen) atoms. The van der Waals surface area contributed by atoms with Crippen LogP contribution in [0.5, 0.6) is 0 Å². The van der Waals surface area contributed by atoms with Crippen molar-refractivity contribution in [2.45, 2.75) is 71.9 Å². The van der Waals surface area contributed by atoms with Crippen LogP contribution in [0, 0.1) is 5.92 Å². The van der Waals surface area contributed by atoms with Gasteiger partial charge in [0.15, 0.2) is 5.96 Å². The van der Waals surface area contributed by atoms with Gasteiger partial charge in [-0.2, -0.15) is 0 Å². The summed E-state index contributed by atoms with van der Waals surface area (Å²) in [6, 6.07) is 0.248. The number of nitrogens with one attached hydrogen (secondary N) is 2. The van der Waals surface area contributed by atoms with Gasteiger partial charge in [0, 0.05) is 51.7 Å². The van der Waals surface area contributed by atoms with Crippen LogP contribution in [0.15, 0.2) is 4.99 Å². The zero-order valence-corrected chi connectivity index (χ0v) is 18.8. The number of guanidine groups is 1. The Hall–Kier alpha value is -1.99. The van der Waals surface area contributed by atoms with Gasteiger partial charge in [0.2, 0.25) is 5.91 Å². The molecule has 0 spiro atoms. The van der Waals surface area contributed by atoms with Crippen LogP contribution in [0.1, 0.15) is 60.3 Å². The first kappa shape index (κ1) is 23.3. The third kappa shape index (κ3) is 7.74. The van der Waals surface area contributed by atoms with E-state index in [1.807, 2.05) is 32.6 Å². The summed E-state index contributed by atoms with van der Waals surface area (Å²) >= 11 is 0. The Balaban J connectivity index is 1.79. The van der Waals surface area contributed by atoms with E-state index in [1.54, 1.807) is 4.90 Å². The van der Waals surface area contributed by atoms with Crippen LogP contribution >= 0.6 is 0 Å². The number of piperidine rings is 1. The Morgan fingerprint density at radius 2 is 1.72 bits per heavy atom. The standard InChI is InChI=1S/C21H39N5O3/c1-6-18(27)26-13-10-17(15-26)24-19(22-7-2)23-14-16-8-11-25(12-9-16)20(28)29-21(3,4)5/h16-17H,6-15H2,1-5H3,(H2,22,23,24). The molecule has 1 atom stereocenters. The number of carbonyl (C=O) groups is 2. The first-order valence-electron chi connectivity index (χ1n) is 11.0. The second kappa shape index (κ2) is 10.7. The zero-order valence-electron chi connectivity index (χ0n) is 18.8. The molecule has 0 saturated carbocycles. The summed E-state index contributed by atoms with van der Waals surface area (Å²) in [6.07, 6.45) is 3.16. The van der Waals surface area contributed by atoms with Crippen LogP contribution in [0.25, 0.3) is 0 Å². The van der Waals surface area contributed by atoms with E-state index in [4.69, 9.17) is 9.73 Å². The predicted molar refractivity (Wildman–Crippen MR) is 115 cm³/mol. The lowest BCUT2D eigenvalue weighted by atomic mass is 9.97. The van der Waals surface area contributed by atoms with Crippen molar-refractivity contribution < 1.29 is 14.3 Å². The van der Waals surface area contributed by atoms with Crippen molar-refractivity contribution in [1.82, 2.24) is 20.4 Å². The summed E-state index contributed by atoms with van der Waals surface area (Å²) in [6.45, 7) is 14.2. The van der Waals surface area contributed by atoms with Gasteiger partial charge in [0.05, 0.1) is 0 Å². The van der Waals surface area contributed by atoms with Crippen LogP contribution in [0.3, 0.4) is 0 Å². The van der Waals surface area contributed by atoms with E-state index in [9.17, 15) is 9.59 Å². The van der Waals surface area contributed by atoms with Gasteiger partial charge in [-0.25, -0.2) is 4.79 Å². The number of aliphatic imine (C=N–C) groups is 1. The molecule has 2 saturated heterocycles. The van der Waals surface area contributed by atoms with Crippen molar-refractivity contribution in [3.63, 3.8) is 0 Å². The molecule has 0 aromatic heterocycles. The van der Waals surface area contributed by atoms with E-state index in [0.29, 0.717) is 12.3 Å². The maximum absolute atomic E-state index is 12.2. The monoisotopic (exact) mass is 409 g/mol. The van der Waals surface area contributed by atoms with Gasteiger partial charge in [-0.1, -0.05) is 6.92 Å². The Morgan fingerprint density at radius 3 is 2.31 bits per heavy atom. The minimum Gasteiger partial charge on any atom is -0.444 e. The van der Waals surface area contributed by atoms with Crippen molar-refractivity contribution in [3.8, 4) is 0 Å². The SMILES string of the molecule is CCNC(=NCC1CCN(C(=O)OC(C)(C)C)CC1)NC1CCN(C(=O)CC)C1. The minimum atomic E-state index is -0.456. The van der Waals surface area contributed by atoms with E-state index in [0.717, 1.165) is 64.5 Å². The van der Waals surface area contributed by atoms with Crippen LogP contribution < -0.4 is 10.6 Å². The highest BCUT2D eigenvalue weighted by atomic mass is 16.6. The average Bonchev–Trinajstić information content (AvgIpc) is 3.13. The summed E-state index contributed by atoms with van der Waals surface area (Å²) in [7, 11) is 0. The van der Waals surface area contributed by atoms with Gasteiger partial charge in [-0.15, -0.1) is 0 Å². The molecule has 2 amide bonds. The number of ether oxygens (including phenoxy) is 1. The molecule has 2 fully saturated rings. The van der Waals surface area contributed by atoms with Crippen LogP contribution in [0.2, 0.25) is 0 Å². The minimum absolute atomic E-state index is 0.216. The van der Waals surface area contributed by atoms with Crippen molar-refractivity contribution in [1.29, 1.82) is 0 Å². The van der Waals surface area contributed by atoms with Gasteiger partial charge in [-0.05, 0) is 52.9 Å². The molecule has 8 heteroatoms. The smallest absolute Gasteiger partial charge is 0.410 e. The van der Waals surface area contributed by atoms with Gasteiger partial charge in [-0.3, -0.25) is 9.79 Å². The molecule has 0 aromatic rings. The van der Waals surface area contributed by atoms with Gasteiger partial charge in [0.1, 0.15) is 5.60 Å². The van der Waals surface area contributed by atoms with Crippen molar-refractivity contribution >= 4 is 18.0 Å². The second-order valence-corrected chi connectivity index (χ2v) is 8.95. The Labute approximate surface area is 175 Å². The van der Waals surface area contributed by atoms with Gasteiger partial charge < -0.3 is 25.2 Å². The summed E-state index contributed by atoms with van der Waals surface area (Å²) in [5.41, 5.74) is -0.456. The summed E-state index contributed by atoms with van der Waals surface area (Å²) < 4.78 is 5.46. The quantitative estimate of drug-likeness (QED) is 0.537. The average molecular weight is 410 g/mol. The number of hydrogen-bond donors (Lipinski definition) is 2. The topological polar surface area (TPSA) is 86.3 Å². The molecule has 0 bridgehead atoms. The van der Waals surface area contributed by atoms with Crippen LogP contribution in [-0.2, 0) is 9.53 Å². The first-order valence-corrected chi connectivity index (χ1v) is 11.0. The third-order valence-corrected chi connectivity index (χ3v) is 5.30. The van der Waals surface area contributed by atoms with Crippen molar-refractivity contribution in [2.75, 3.05) is 39.3 Å². The highest BCUT2D eigenvalue weighted by Gasteiger charge is 2.28. The molecule has 2 heterocycles. The molecule has 1 unspecified atom stereocenters. The molecule has 8 nitrogen and oxygen atoms in total. The largest absolute Gasteiger partial charge is 0.444 e. The van der Waals surface area contributed by atoms with E-state index in [1.165, 1.54) is 0 Å². The van der Waals surface area contributed by atoms with Crippen molar-refractivity contribution in [2.24, 2.45) is 10.9 Å². The van der Waals surface area contributed by atoms with E-state index in [2.05, 4.69) is 17.6 Å². The van der Waals surface area contributed by atoms with E-state index >= 15 is 0 Å². The summed E-state index contributed by atoms with van der Waals surface area (Å²) in [5, 5.41) is 6.79. The zero-order chi connectivity index (χ0) is 21.4.